The fraction of sp³-hybridized carbons (Fsp3) is 0.219. The summed E-state index contributed by atoms with van der Waals surface area (Å²) in [6.45, 7) is 3.59. The summed E-state index contributed by atoms with van der Waals surface area (Å²) in [5.74, 6) is -0.893. The number of hydrogen-bond acceptors (Lipinski definition) is 3. The van der Waals surface area contributed by atoms with Crippen LogP contribution in [0.5, 0.6) is 0 Å². The van der Waals surface area contributed by atoms with Gasteiger partial charge in [-0.3, -0.25) is 19.3 Å². The first-order valence-electron chi connectivity index (χ1n) is 13.1. The molecule has 1 atom stereocenters. The van der Waals surface area contributed by atoms with Crippen molar-refractivity contribution in [1.29, 1.82) is 0 Å². The summed E-state index contributed by atoms with van der Waals surface area (Å²) in [5, 5.41) is 5.59. The summed E-state index contributed by atoms with van der Waals surface area (Å²) >= 11 is 12.7. The van der Waals surface area contributed by atoms with E-state index in [0.29, 0.717) is 33.3 Å². The van der Waals surface area contributed by atoms with Crippen LogP contribution in [0.25, 0.3) is 10.8 Å². The van der Waals surface area contributed by atoms with E-state index in [1.807, 2.05) is 74.5 Å². The van der Waals surface area contributed by atoms with E-state index in [0.717, 1.165) is 16.3 Å². The van der Waals surface area contributed by atoms with Crippen molar-refractivity contribution < 1.29 is 14.4 Å². The maximum atomic E-state index is 14.2. The number of hydrogen-bond donors (Lipinski definition) is 1. The zero-order chi connectivity index (χ0) is 28.4. The van der Waals surface area contributed by atoms with Gasteiger partial charge in [0.2, 0.25) is 11.8 Å². The van der Waals surface area contributed by atoms with Crippen molar-refractivity contribution >= 4 is 57.4 Å². The second-order valence-electron chi connectivity index (χ2n) is 10.2. The number of carbonyl (C=O) groups excluding carboxylic acids is 3. The predicted octanol–water partition coefficient (Wildman–Crippen LogP) is 6.27. The van der Waals surface area contributed by atoms with Crippen LogP contribution >= 0.6 is 23.2 Å². The second-order valence-corrected chi connectivity index (χ2v) is 11.0. The molecule has 3 amide bonds. The molecule has 0 aliphatic carbocycles. The Kier molecular flexibility index (Phi) is 8.10. The summed E-state index contributed by atoms with van der Waals surface area (Å²) in [4.78, 5) is 44.3. The Balaban J connectivity index is 1.53. The van der Waals surface area contributed by atoms with Gasteiger partial charge in [0.1, 0.15) is 12.6 Å². The van der Waals surface area contributed by atoms with Crippen molar-refractivity contribution in [2.45, 2.75) is 38.9 Å². The van der Waals surface area contributed by atoms with Crippen molar-refractivity contribution in [2.75, 3.05) is 11.4 Å². The van der Waals surface area contributed by atoms with Gasteiger partial charge in [0.15, 0.2) is 0 Å². The molecular formula is C32H29Cl2N3O3. The number of anilines is 1. The first-order chi connectivity index (χ1) is 19.2. The highest BCUT2D eigenvalue weighted by molar-refractivity contribution is 6.35. The van der Waals surface area contributed by atoms with E-state index >= 15 is 0 Å². The summed E-state index contributed by atoms with van der Waals surface area (Å²) in [6.07, 6.45) is 0.292. The molecule has 0 fully saturated rings. The molecule has 1 N–H and O–H groups in total. The van der Waals surface area contributed by atoms with Gasteiger partial charge in [0, 0.05) is 40.0 Å². The lowest BCUT2D eigenvalue weighted by atomic mass is 10.0. The molecule has 1 aliphatic heterocycles. The molecule has 0 unspecified atom stereocenters. The molecule has 0 saturated heterocycles. The normalized spacial score (nSPS) is 13.1. The van der Waals surface area contributed by atoms with Crippen molar-refractivity contribution in [3.05, 3.63) is 112 Å². The molecule has 0 aromatic heterocycles. The maximum Gasteiger partial charge on any atom is 0.259 e. The highest BCUT2D eigenvalue weighted by Crippen LogP contribution is 2.37. The highest BCUT2D eigenvalue weighted by atomic mass is 35.5. The largest absolute Gasteiger partial charge is 0.352 e. The van der Waals surface area contributed by atoms with Crippen molar-refractivity contribution in [1.82, 2.24) is 10.2 Å². The Morgan fingerprint density at radius 1 is 0.925 bits per heavy atom. The monoisotopic (exact) mass is 573 g/mol. The molecule has 6 nitrogen and oxygen atoms in total. The summed E-state index contributed by atoms with van der Waals surface area (Å²) < 4.78 is 0. The number of halogens is 2. The van der Waals surface area contributed by atoms with Gasteiger partial charge >= 0.3 is 0 Å². The van der Waals surface area contributed by atoms with Crippen LogP contribution in [0, 0.1) is 0 Å². The lowest BCUT2D eigenvalue weighted by molar-refractivity contribution is -0.140. The molecule has 8 heteroatoms. The molecule has 1 aliphatic rings. The van der Waals surface area contributed by atoms with Gasteiger partial charge in [-0.1, -0.05) is 83.9 Å². The zero-order valence-electron chi connectivity index (χ0n) is 22.2. The number of rotatable bonds is 9. The highest BCUT2D eigenvalue weighted by Gasteiger charge is 2.36. The van der Waals surface area contributed by atoms with Gasteiger partial charge in [0.05, 0.1) is 5.69 Å². The molecule has 40 heavy (non-hydrogen) atoms. The van der Waals surface area contributed by atoms with E-state index < -0.39 is 6.04 Å². The van der Waals surface area contributed by atoms with Gasteiger partial charge < -0.3 is 10.2 Å². The Hall–Kier alpha value is -3.87. The third-order valence-electron chi connectivity index (χ3n) is 7.00. The summed E-state index contributed by atoms with van der Waals surface area (Å²) in [6, 6.07) is 24.9. The standard InChI is InChI=1S/C32H29Cl2N3O3/c1-20(2)35-31(39)28(16-21-8-4-3-5-9-21)36(18-23-14-15-24(33)17-26(23)34)29(38)19-37-27-13-7-11-22-10-6-12-25(30(22)27)32(37)40/h3-15,17,20,28H,16,18-19H2,1-2H3,(H,35,39)/t28-/m1/s1. The Morgan fingerprint density at radius 2 is 1.65 bits per heavy atom. The maximum absolute atomic E-state index is 14.2. The van der Waals surface area contributed by atoms with E-state index in [9.17, 15) is 14.4 Å². The zero-order valence-corrected chi connectivity index (χ0v) is 23.7. The van der Waals surface area contributed by atoms with Crippen LogP contribution in [0.4, 0.5) is 5.69 Å². The summed E-state index contributed by atoms with van der Waals surface area (Å²) in [5.41, 5.74) is 2.79. The molecule has 4 aromatic carbocycles. The molecule has 0 spiro atoms. The SMILES string of the molecule is CC(C)NC(=O)[C@@H](Cc1ccccc1)N(Cc1ccc(Cl)cc1Cl)C(=O)CN1C(=O)c2cccc3cccc1c23. The molecule has 204 valence electrons. The second kappa shape index (κ2) is 11.7. The van der Waals surface area contributed by atoms with Crippen molar-refractivity contribution in [3.63, 3.8) is 0 Å². The number of nitrogens with zero attached hydrogens (tertiary/aromatic N) is 2. The van der Waals surface area contributed by atoms with E-state index in [1.165, 1.54) is 9.80 Å². The van der Waals surface area contributed by atoms with Crippen LogP contribution in [-0.2, 0) is 22.6 Å². The molecular weight excluding hydrogens is 545 g/mol. The fourth-order valence-corrected chi connectivity index (χ4v) is 5.60. The molecule has 5 rings (SSSR count). The minimum absolute atomic E-state index is 0.0665. The van der Waals surface area contributed by atoms with Gasteiger partial charge in [-0.2, -0.15) is 0 Å². The average molecular weight is 575 g/mol. The van der Waals surface area contributed by atoms with Gasteiger partial charge in [0.25, 0.3) is 5.91 Å². The first-order valence-corrected chi connectivity index (χ1v) is 13.9. The van der Waals surface area contributed by atoms with Crippen molar-refractivity contribution in [2.24, 2.45) is 0 Å². The minimum Gasteiger partial charge on any atom is -0.352 e. The van der Waals surface area contributed by atoms with Crippen LogP contribution in [-0.4, -0.2) is 41.2 Å². The average Bonchev–Trinajstić information content (AvgIpc) is 3.19. The smallest absolute Gasteiger partial charge is 0.259 e. The topological polar surface area (TPSA) is 69.7 Å². The van der Waals surface area contributed by atoms with Crippen LogP contribution in [0.2, 0.25) is 10.0 Å². The molecule has 0 radical (unpaired) electrons. The quantitative estimate of drug-likeness (QED) is 0.256. The summed E-state index contributed by atoms with van der Waals surface area (Å²) in [7, 11) is 0. The van der Waals surface area contributed by atoms with E-state index in [-0.39, 0.29) is 36.9 Å². The van der Waals surface area contributed by atoms with Crippen LogP contribution in [0.3, 0.4) is 0 Å². The molecule has 1 heterocycles. The number of nitrogens with one attached hydrogen (secondary N) is 1. The number of amides is 3. The minimum atomic E-state index is -0.847. The Morgan fingerprint density at radius 3 is 2.35 bits per heavy atom. The number of carbonyl (C=O) groups is 3. The Bertz CT molecular complexity index is 1580. The van der Waals surface area contributed by atoms with Gasteiger partial charge in [-0.25, -0.2) is 0 Å². The molecule has 0 saturated carbocycles. The molecule has 0 bridgehead atoms. The molecule has 4 aromatic rings. The number of benzene rings is 4. The fourth-order valence-electron chi connectivity index (χ4n) is 5.13. The Labute approximate surface area is 243 Å². The lowest BCUT2D eigenvalue weighted by Gasteiger charge is -2.33. The third kappa shape index (κ3) is 5.69. The van der Waals surface area contributed by atoms with Gasteiger partial charge in [-0.15, -0.1) is 0 Å². The van der Waals surface area contributed by atoms with Crippen LogP contribution in [0.1, 0.15) is 35.3 Å². The van der Waals surface area contributed by atoms with Crippen LogP contribution < -0.4 is 10.2 Å². The van der Waals surface area contributed by atoms with Crippen molar-refractivity contribution in [3.8, 4) is 0 Å². The third-order valence-corrected chi connectivity index (χ3v) is 7.59. The lowest BCUT2D eigenvalue weighted by Crippen LogP contribution is -2.54. The van der Waals surface area contributed by atoms with E-state index in [4.69, 9.17) is 23.2 Å². The van der Waals surface area contributed by atoms with Gasteiger partial charge in [-0.05, 0) is 54.6 Å². The van der Waals surface area contributed by atoms with Crippen LogP contribution in [0.15, 0.2) is 84.9 Å². The predicted molar refractivity (Wildman–Crippen MR) is 160 cm³/mol. The van der Waals surface area contributed by atoms with E-state index in [2.05, 4.69) is 5.32 Å². The first kappa shape index (κ1) is 27.7. The van der Waals surface area contributed by atoms with E-state index in [1.54, 1.807) is 24.3 Å².